The van der Waals surface area contributed by atoms with Gasteiger partial charge >= 0.3 is 0 Å². The smallest absolute Gasteiger partial charge is 0.257 e. The molecule has 0 atom stereocenters. The van der Waals surface area contributed by atoms with E-state index in [9.17, 15) is 4.79 Å². The van der Waals surface area contributed by atoms with E-state index in [-0.39, 0.29) is 5.91 Å². The molecule has 0 radical (unpaired) electrons. The van der Waals surface area contributed by atoms with Crippen molar-refractivity contribution in [3.63, 3.8) is 0 Å². The number of carbonyl (C=O) groups is 1. The van der Waals surface area contributed by atoms with E-state index in [1.807, 2.05) is 18.2 Å². The molecule has 7 heteroatoms. The minimum atomic E-state index is -0.312. The van der Waals surface area contributed by atoms with E-state index in [0.717, 1.165) is 5.69 Å². The maximum absolute atomic E-state index is 12.3. The minimum Gasteiger partial charge on any atom is -0.364 e. The van der Waals surface area contributed by atoms with Crippen molar-refractivity contribution >= 4 is 40.6 Å². The standard InChI is InChI=1S/C18H14Cl2N4O/c19-13-5-6-15(20)16(9-13)24-18(25)12-4-7-17(22-10-12)23-11-14-3-1-2-8-21-14/h1-10H,11H2,(H,22,23)(H,24,25). The first-order chi connectivity index (χ1) is 12.1. The quantitative estimate of drug-likeness (QED) is 0.683. The summed E-state index contributed by atoms with van der Waals surface area (Å²) in [6.45, 7) is 0.553. The maximum atomic E-state index is 12.3. The Morgan fingerprint density at radius 3 is 2.64 bits per heavy atom. The van der Waals surface area contributed by atoms with Crippen molar-refractivity contribution in [1.29, 1.82) is 0 Å². The molecule has 3 rings (SSSR count). The van der Waals surface area contributed by atoms with E-state index >= 15 is 0 Å². The van der Waals surface area contributed by atoms with Crippen LogP contribution in [0.3, 0.4) is 0 Å². The lowest BCUT2D eigenvalue weighted by atomic mass is 10.2. The van der Waals surface area contributed by atoms with Gasteiger partial charge in [0.25, 0.3) is 5.91 Å². The first kappa shape index (κ1) is 17.2. The molecule has 0 fully saturated rings. The highest BCUT2D eigenvalue weighted by Crippen LogP contribution is 2.25. The molecule has 2 aromatic heterocycles. The van der Waals surface area contributed by atoms with Crippen LogP contribution in [-0.2, 0) is 6.54 Å². The minimum absolute atomic E-state index is 0.312. The third-order valence-electron chi connectivity index (χ3n) is 3.38. The second kappa shape index (κ2) is 7.96. The van der Waals surface area contributed by atoms with Gasteiger partial charge in [-0.15, -0.1) is 0 Å². The summed E-state index contributed by atoms with van der Waals surface area (Å²) in [5.74, 6) is 0.343. The molecule has 5 nitrogen and oxygen atoms in total. The van der Waals surface area contributed by atoms with Crippen molar-refractivity contribution in [2.45, 2.75) is 6.54 Å². The molecule has 0 unspecified atom stereocenters. The van der Waals surface area contributed by atoms with Crippen LogP contribution in [0.1, 0.15) is 16.1 Å². The monoisotopic (exact) mass is 372 g/mol. The summed E-state index contributed by atoms with van der Waals surface area (Å²) in [4.78, 5) is 20.7. The fourth-order valence-corrected chi connectivity index (χ4v) is 2.44. The van der Waals surface area contributed by atoms with Crippen molar-refractivity contribution in [3.8, 4) is 0 Å². The number of aromatic nitrogens is 2. The zero-order valence-electron chi connectivity index (χ0n) is 13.0. The Hall–Kier alpha value is -2.63. The van der Waals surface area contributed by atoms with Gasteiger partial charge in [-0.05, 0) is 42.5 Å². The van der Waals surface area contributed by atoms with Gasteiger partial charge in [-0.1, -0.05) is 29.3 Å². The van der Waals surface area contributed by atoms with Crippen molar-refractivity contribution in [2.24, 2.45) is 0 Å². The van der Waals surface area contributed by atoms with E-state index < -0.39 is 0 Å². The molecular formula is C18H14Cl2N4O. The average Bonchev–Trinajstić information content (AvgIpc) is 2.64. The van der Waals surface area contributed by atoms with Crippen LogP contribution in [-0.4, -0.2) is 15.9 Å². The van der Waals surface area contributed by atoms with Gasteiger partial charge in [-0.3, -0.25) is 9.78 Å². The van der Waals surface area contributed by atoms with Gasteiger partial charge in [0.05, 0.1) is 28.5 Å². The summed E-state index contributed by atoms with van der Waals surface area (Å²) < 4.78 is 0. The summed E-state index contributed by atoms with van der Waals surface area (Å²) in [5, 5.41) is 6.78. The van der Waals surface area contributed by atoms with Crippen LogP contribution in [0.5, 0.6) is 0 Å². The summed E-state index contributed by atoms with van der Waals surface area (Å²) in [6.07, 6.45) is 3.23. The number of halogens is 2. The molecule has 1 amide bonds. The Bertz CT molecular complexity index is 870. The summed E-state index contributed by atoms with van der Waals surface area (Å²) in [7, 11) is 0. The second-order valence-corrected chi connectivity index (χ2v) is 6.03. The molecule has 2 N–H and O–H groups in total. The van der Waals surface area contributed by atoms with Crippen molar-refractivity contribution < 1.29 is 4.79 Å². The number of benzene rings is 1. The van der Waals surface area contributed by atoms with Crippen LogP contribution < -0.4 is 10.6 Å². The lowest BCUT2D eigenvalue weighted by Gasteiger charge is -2.09. The Kier molecular flexibility index (Phi) is 5.48. The maximum Gasteiger partial charge on any atom is 0.257 e. The van der Waals surface area contributed by atoms with Gasteiger partial charge in [-0.2, -0.15) is 0 Å². The highest BCUT2D eigenvalue weighted by Gasteiger charge is 2.09. The van der Waals surface area contributed by atoms with E-state index in [1.54, 1.807) is 36.5 Å². The van der Waals surface area contributed by atoms with Gasteiger partial charge < -0.3 is 10.6 Å². The largest absolute Gasteiger partial charge is 0.364 e. The molecule has 0 aliphatic rings. The van der Waals surface area contributed by atoms with Crippen LogP contribution in [0.25, 0.3) is 0 Å². The van der Waals surface area contributed by atoms with Crippen molar-refractivity contribution in [2.75, 3.05) is 10.6 Å². The highest BCUT2D eigenvalue weighted by molar-refractivity contribution is 6.35. The fraction of sp³-hybridized carbons (Fsp3) is 0.0556. The SMILES string of the molecule is O=C(Nc1cc(Cl)ccc1Cl)c1ccc(NCc2ccccn2)nc1. The number of hydrogen-bond acceptors (Lipinski definition) is 4. The van der Waals surface area contributed by atoms with Crippen LogP contribution >= 0.6 is 23.2 Å². The van der Waals surface area contributed by atoms with E-state index in [1.165, 1.54) is 6.20 Å². The number of pyridine rings is 2. The van der Waals surface area contributed by atoms with Crippen LogP contribution in [0, 0.1) is 0 Å². The molecule has 3 aromatic rings. The molecular weight excluding hydrogens is 359 g/mol. The van der Waals surface area contributed by atoms with E-state index in [0.29, 0.717) is 33.7 Å². The van der Waals surface area contributed by atoms with Gasteiger partial charge in [0.1, 0.15) is 5.82 Å². The highest BCUT2D eigenvalue weighted by atomic mass is 35.5. The molecule has 25 heavy (non-hydrogen) atoms. The molecule has 2 heterocycles. The molecule has 0 aliphatic heterocycles. The van der Waals surface area contributed by atoms with Gasteiger partial charge in [0.15, 0.2) is 0 Å². The number of rotatable bonds is 5. The number of hydrogen-bond donors (Lipinski definition) is 2. The van der Waals surface area contributed by atoms with E-state index in [4.69, 9.17) is 23.2 Å². The average molecular weight is 373 g/mol. The predicted octanol–water partition coefficient (Wildman–Crippen LogP) is 4.65. The van der Waals surface area contributed by atoms with E-state index in [2.05, 4.69) is 20.6 Å². The van der Waals surface area contributed by atoms with Crippen molar-refractivity contribution in [1.82, 2.24) is 9.97 Å². The third kappa shape index (κ3) is 4.68. The summed E-state index contributed by atoms with van der Waals surface area (Å²) >= 11 is 12.0. The summed E-state index contributed by atoms with van der Waals surface area (Å²) in [5.41, 5.74) is 1.78. The predicted molar refractivity (Wildman–Crippen MR) is 100 cm³/mol. The number of carbonyl (C=O) groups excluding carboxylic acids is 1. The molecule has 0 bridgehead atoms. The third-order valence-corrected chi connectivity index (χ3v) is 3.94. The van der Waals surface area contributed by atoms with Crippen molar-refractivity contribution in [3.05, 3.63) is 82.2 Å². The Morgan fingerprint density at radius 1 is 1.04 bits per heavy atom. The summed E-state index contributed by atoms with van der Waals surface area (Å²) in [6, 6.07) is 14.0. The Morgan fingerprint density at radius 2 is 1.92 bits per heavy atom. The molecule has 0 spiro atoms. The number of amides is 1. The number of anilines is 2. The first-order valence-electron chi connectivity index (χ1n) is 7.48. The van der Waals surface area contributed by atoms with Gasteiger partial charge in [0, 0.05) is 17.4 Å². The van der Waals surface area contributed by atoms with Crippen LogP contribution in [0.2, 0.25) is 10.0 Å². The lowest BCUT2D eigenvalue weighted by Crippen LogP contribution is -2.13. The van der Waals surface area contributed by atoms with Crippen LogP contribution in [0.15, 0.2) is 60.9 Å². The van der Waals surface area contributed by atoms with Gasteiger partial charge in [-0.25, -0.2) is 4.98 Å². The normalized spacial score (nSPS) is 10.3. The topological polar surface area (TPSA) is 66.9 Å². The number of nitrogens with zero attached hydrogens (tertiary/aromatic N) is 2. The van der Waals surface area contributed by atoms with Gasteiger partial charge in [0.2, 0.25) is 0 Å². The molecule has 0 aliphatic carbocycles. The molecule has 1 aromatic carbocycles. The zero-order valence-corrected chi connectivity index (χ0v) is 14.6. The first-order valence-corrected chi connectivity index (χ1v) is 8.23. The lowest BCUT2D eigenvalue weighted by molar-refractivity contribution is 0.102. The Labute approximate surface area is 155 Å². The molecule has 0 saturated carbocycles. The molecule has 0 saturated heterocycles. The second-order valence-electron chi connectivity index (χ2n) is 5.19. The molecule has 126 valence electrons. The van der Waals surface area contributed by atoms with Crippen LogP contribution in [0.4, 0.5) is 11.5 Å². The Balaban J connectivity index is 1.63. The number of nitrogens with one attached hydrogen (secondary N) is 2. The zero-order chi connectivity index (χ0) is 17.6. The fourth-order valence-electron chi connectivity index (χ4n) is 2.10.